The van der Waals surface area contributed by atoms with Crippen molar-refractivity contribution in [2.45, 2.75) is 19.8 Å². The minimum absolute atomic E-state index is 0.0243. The average molecular weight is 419 g/mol. The number of hydrogen-bond donors (Lipinski definition) is 0. The first-order valence-electron chi connectivity index (χ1n) is 9.11. The Hall–Kier alpha value is -3.00. The molecule has 7 nitrogen and oxygen atoms in total. The summed E-state index contributed by atoms with van der Waals surface area (Å²) in [7, 11) is -4.16. The van der Waals surface area contributed by atoms with Gasteiger partial charge in [-0.3, -0.25) is 0 Å². The number of rotatable bonds is 10. The molecule has 156 valence electrons. The molecule has 0 aliphatic rings. The van der Waals surface area contributed by atoms with Gasteiger partial charge in [0.1, 0.15) is 5.75 Å². The summed E-state index contributed by atoms with van der Waals surface area (Å²) in [5.41, 5.74) is 0.0592. The Balaban J connectivity index is 2.48. The topological polar surface area (TPSA) is 102 Å². The van der Waals surface area contributed by atoms with Gasteiger partial charge in [-0.1, -0.05) is 55.5 Å². The van der Waals surface area contributed by atoms with E-state index in [1.54, 1.807) is 62.4 Å². The first kappa shape index (κ1) is 22.3. The summed E-state index contributed by atoms with van der Waals surface area (Å²) in [6.45, 7) is 3.23. The SMILES string of the molecule is CCOC(=O)/C(=C(/[O-])OCC)C(CS(=O)(=O)Oc1ccccc1)c1ccccc1. The molecule has 0 spiro atoms. The smallest absolute Gasteiger partial charge is 0.336 e. The largest absolute Gasteiger partial charge is 0.613 e. The van der Waals surface area contributed by atoms with Crippen LogP contribution in [0.4, 0.5) is 0 Å². The Labute approximate surface area is 170 Å². The lowest BCUT2D eigenvalue weighted by atomic mass is 9.93. The first-order chi connectivity index (χ1) is 13.9. The molecule has 1 unspecified atom stereocenters. The summed E-state index contributed by atoms with van der Waals surface area (Å²) in [5, 5.41) is 12.5. The standard InChI is InChI=1S/C21H24O7S/c1-3-26-20(22)19(21(23)27-4-2)18(16-11-7-5-8-12-16)15-29(24,25)28-17-13-9-6-10-14-17/h5-14,18,22H,3-4,15H2,1-2H3/p-1/b20-19-. The van der Waals surface area contributed by atoms with Gasteiger partial charge < -0.3 is 18.8 Å². The number of carbonyl (C=O) groups is 1. The van der Waals surface area contributed by atoms with E-state index in [0.717, 1.165) is 0 Å². The van der Waals surface area contributed by atoms with Crippen LogP contribution in [-0.4, -0.2) is 33.4 Å². The number of carbonyl (C=O) groups excluding carboxylic acids is 1. The van der Waals surface area contributed by atoms with Crippen LogP contribution in [0.25, 0.3) is 0 Å². The molecule has 0 N–H and O–H groups in total. The van der Waals surface area contributed by atoms with Crippen molar-refractivity contribution in [3.63, 3.8) is 0 Å². The summed E-state index contributed by atoms with van der Waals surface area (Å²) in [6.07, 6.45) is 0. The highest BCUT2D eigenvalue weighted by Gasteiger charge is 2.31. The molecule has 8 heteroatoms. The predicted octanol–water partition coefficient (Wildman–Crippen LogP) is 2.35. The van der Waals surface area contributed by atoms with Gasteiger partial charge in [0.2, 0.25) is 0 Å². The van der Waals surface area contributed by atoms with Crippen LogP contribution in [0.1, 0.15) is 25.3 Å². The summed E-state index contributed by atoms with van der Waals surface area (Å²) in [5.74, 6) is -3.47. The van der Waals surface area contributed by atoms with Gasteiger partial charge in [0.05, 0.1) is 23.9 Å². The summed E-state index contributed by atoms with van der Waals surface area (Å²) in [4.78, 5) is 12.5. The second kappa shape index (κ2) is 10.5. The van der Waals surface area contributed by atoms with Gasteiger partial charge in [0.15, 0.2) is 0 Å². The molecule has 2 rings (SSSR count). The normalized spacial score (nSPS) is 13.2. The number of hydrogen-bond acceptors (Lipinski definition) is 7. The second-order valence-corrected chi connectivity index (χ2v) is 7.55. The lowest BCUT2D eigenvalue weighted by molar-refractivity contribution is -0.358. The molecule has 0 heterocycles. The van der Waals surface area contributed by atoms with E-state index in [1.807, 2.05) is 0 Å². The number of ether oxygens (including phenoxy) is 2. The zero-order valence-corrected chi connectivity index (χ0v) is 17.1. The minimum Gasteiger partial charge on any atom is -0.613 e. The Kier molecular flexibility index (Phi) is 8.09. The molecule has 0 radical (unpaired) electrons. The quantitative estimate of drug-likeness (QED) is 0.252. The molecule has 0 saturated heterocycles. The molecule has 1 atom stereocenters. The fourth-order valence-electron chi connectivity index (χ4n) is 2.68. The third-order valence-electron chi connectivity index (χ3n) is 3.88. The van der Waals surface area contributed by atoms with E-state index in [4.69, 9.17) is 13.7 Å². The highest BCUT2D eigenvalue weighted by molar-refractivity contribution is 7.87. The Morgan fingerprint density at radius 1 is 0.931 bits per heavy atom. The zero-order valence-electron chi connectivity index (χ0n) is 16.2. The van der Waals surface area contributed by atoms with Gasteiger partial charge in [0.25, 0.3) is 0 Å². The van der Waals surface area contributed by atoms with E-state index in [2.05, 4.69) is 0 Å². The van der Waals surface area contributed by atoms with Crippen LogP contribution in [0.3, 0.4) is 0 Å². The van der Waals surface area contributed by atoms with Crippen molar-refractivity contribution < 1.29 is 32.0 Å². The highest BCUT2D eigenvalue weighted by Crippen LogP contribution is 2.30. The summed E-state index contributed by atoms with van der Waals surface area (Å²) in [6, 6.07) is 16.3. The van der Waals surface area contributed by atoms with Crippen LogP contribution in [0, 0.1) is 0 Å². The van der Waals surface area contributed by atoms with E-state index >= 15 is 0 Å². The maximum absolute atomic E-state index is 12.7. The zero-order chi connectivity index (χ0) is 21.3. The van der Waals surface area contributed by atoms with Crippen LogP contribution in [-0.2, 0) is 24.4 Å². The van der Waals surface area contributed by atoms with Crippen molar-refractivity contribution in [1.29, 1.82) is 0 Å². The fourth-order valence-corrected chi connectivity index (χ4v) is 3.92. The van der Waals surface area contributed by atoms with Gasteiger partial charge in [-0.05, 0) is 31.2 Å². The van der Waals surface area contributed by atoms with Gasteiger partial charge >= 0.3 is 16.1 Å². The fraction of sp³-hybridized carbons (Fsp3) is 0.286. The molecule has 0 aromatic heterocycles. The average Bonchev–Trinajstić information content (AvgIpc) is 2.69. The Morgan fingerprint density at radius 3 is 2.03 bits per heavy atom. The molecule has 0 aliphatic carbocycles. The van der Waals surface area contributed by atoms with Gasteiger partial charge in [-0.2, -0.15) is 8.42 Å². The van der Waals surface area contributed by atoms with E-state index in [0.29, 0.717) is 5.56 Å². The Morgan fingerprint density at radius 2 is 1.48 bits per heavy atom. The first-order valence-corrected chi connectivity index (χ1v) is 10.7. The molecule has 0 saturated carbocycles. The maximum atomic E-state index is 12.7. The van der Waals surface area contributed by atoms with Crippen molar-refractivity contribution in [2.24, 2.45) is 0 Å². The number of esters is 1. The van der Waals surface area contributed by atoms with E-state index < -0.39 is 33.7 Å². The minimum atomic E-state index is -4.16. The molecule has 0 fully saturated rings. The van der Waals surface area contributed by atoms with Crippen molar-refractivity contribution in [3.8, 4) is 5.75 Å². The maximum Gasteiger partial charge on any atom is 0.336 e. The highest BCUT2D eigenvalue weighted by atomic mass is 32.2. The number of para-hydroxylation sites is 1. The lowest BCUT2D eigenvalue weighted by Gasteiger charge is -2.25. The van der Waals surface area contributed by atoms with Crippen molar-refractivity contribution in [3.05, 3.63) is 77.7 Å². The molecule has 0 aliphatic heterocycles. The Bertz CT molecular complexity index is 922. The third kappa shape index (κ3) is 6.53. The van der Waals surface area contributed by atoms with Gasteiger partial charge in [0, 0.05) is 5.92 Å². The molecule has 29 heavy (non-hydrogen) atoms. The van der Waals surface area contributed by atoms with E-state index in [9.17, 15) is 18.3 Å². The van der Waals surface area contributed by atoms with Crippen molar-refractivity contribution in [1.82, 2.24) is 0 Å². The monoisotopic (exact) mass is 419 g/mol. The van der Waals surface area contributed by atoms with Gasteiger partial charge in [-0.25, -0.2) is 4.79 Å². The van der Waals surface area contributed by atoms with Crippen LogP contribution in [0.15, 0.2) is 72.2 Å². The molecule has 2 aromatic rings. The molecular weight excluding hydrogens is 396 g/mol. The van der Waals surface area contributed by atoms with E-state index in [1.165, 1.54) is 12.1 Å². The predicted molar refractivity (Wildman–Crippen MR) is 105 cm³/mol. The van der Waals surface area contributed by atoms with Crippen LogP contribution >= 0.6 is 0 Å². The van der Waals surface area contributed by atoms with Crippen molar-refractivity contribution in [2.75, 3.05) is 19.0 Å². The van der Waals surface area contributed by atoms with Gasteiger partial charge in [-0.15, -0.1) is 0 Å². The molecule has 2 aromatic carbocycles. The number of benzene rings is 2. The van der Waals surface area contributed by atoms with Crippen LogP contribution in [0.2, 0.25) is 0 Å². The summed E-state index contributed by atoms with van der Waals surface area (Å²) >= 11 is 0. The molecule has 0 amide bonds. The summed E-state index contributed by atoms with van der Waals surface area (Å²) < 4.78 is 40.5. The van der Waals surface area contributed by atoms with Crippen molar-refractivity contribution >= 4 is 16.1 Å². The molecular formula is C21H23O7S-. The van der Waals surface area contributed by atoms with Crippen LogP contribution in [0.5, 0.6) is 5.75 Å². The third-order valence-corrected chi connectivity index (χ3v) is 5.07. The lowest BCUT2D eigenvalue weighted by Crippen LogP contribution is -2.29. The van der Waals surface area contributed by atoms with E-state index in [-0.39, 0.29) is 24.5 Å². The van der Waals surface area contributed by atoms with Crippen LogP contribution < -0.4 is 9.29 Å². The molecule has 0 bridgehead atoms. The second-order valence-electron chi connectivity index (χ2n) is 5.94.